The molecule has 0 aliphatic heterocycles. The molecule has 0 aliphatic rings. The topological polar surface area (TPSA) is 89.3 Å². The number of para-hydroxylation sites is 2. The van der Waals surface area contributed by atoms with Crippen molar-refractivity contribution < 1.29 is 14.6 Å². The van der Waals surface area contributed by atoms with E-state index < -0.39 is 5.97 Å². The Labute approximate surface area is 194 Å². The molecule has 4 rings (SSSR count). The van der Waals surface area contributed by atoms with E-state index in [2.05, 4.69) is 12.2 Å². The normalized spacial score (nSPS) is 10.9. The molecule has 0 saturated carbocycles. The lowest BCUT2D eigenvalue weighted by molar-refractivity contribution is 0.0698. The molecule has 0 aliphatic carbocycles. The quantitative estimate of drug-likeness (QED) is 0.347. The number of hydrogen-bond acceptors (Lipinski definition) is 6. The molecule has 2 heterocycles. The molecule has 0 saturated heterocycles. The molecule has 2 N–H and O–H groups in total. The van der Waals surface area contributed by atoms with Crippen molar-refractivity contribution in [3.8, 4) is 22.0 Å². The zero-order chi connectivity index (χ0) is 22.8. The number of halogens is 1. The standard InChI is InChI=1S/C23H21ClN4O3S/c1-4-15-12-32-22(25-15)20-13(2)27-28(18-7-5-6-8-19(18)31-3)21(20)26-17-10-9-14(24)11-16(17)23(29)30/h5-12,26H,4H2,1-3H3,(H,29,30). The highest BCUT2D eigenvalue weighted by atomic mass is 35.5. The Balaban J connectivity index is 1.96. The Morgan fingerprint density at radius 2 is 2.06 bits per heavy atom. The van der Waals surface area contributed by atoms with Crippen LogP contribution in [0.15, 0.2) is 47.8 Å². The van der Waals surface area contributed by atoms with Gasteiger partial charge in [0, 0.05) is 10.4 Å². The summed E-state index contributed by atoms with van der Waals surface area (Å²) in [6.07, 6.45) is 0.819. The van der Waals surface area contributed by atoms with Gasteiger partial charge in [0.05, 0.1) is 35.3 Å². The van der Waals surface area contributed by atoms with Crippen LogP contribution in [0.4, 0.5) is 11.5 Å². The number of nitrogens with zero attached hydrogens (tertiary/aromatic N) is 3. The summed E-state index contributed by atoms with van der Waals surface area (Å²) in [6, 6.07) is 12.2. The summed E-state index contributed by atoms with van der Waals surface area (Å²) in [5.41, 5.74) is 3.70. The number of anilines is 2. The first-order valence-electron chi connectivity index (χ1n) is 9.90. The van der Waals surface area contributed by atoms with Gasteiger partial charge in [0.25, 0.3) is 0 Å². The van der Waals surface area contributed by atoms with Crippen LogP contribution in [-0.2, 0) is 6.42 Å². The highest BCUT2D eigenvalue weighted by Gasteiger charge is 2.24. The molecule has 0 fully saturated rings. The third kappa shape index (κ3) is 4.06. The SMILES string of the molecule is CCc1csc(-c2c(C)nn(-c3ccccc3OC)c2Nc2ccc(Cl)cc2C(=O)O)n1. The van der Waals surface area contributed by atoms with Gasteiger partial charge in [-0.25, -0.2) is 14.5 Å². The Morgan fingerprint density at radius 1 is 1.28 bits per heavy atom. The van der Waals surface area contributed by atoms with Crippen LogP contribution in [-0.4, -0.2) is 33.0 Å². The van der Waals surface area contributed by atoms with Crippen molar-refractivity contribution in [2.45, 2.75) is 20.3 Å². The Hall–Kier alpha value is -3.36. The molecule has 0 bridgehead atoms. The van der Waals surface area contributed by atoms with E-state index in [0.717, 1.165) is 28.4 Å². The molecule has 0 amide bonds. The minimum absolute atomic E-state index is 0.0577. The molecule has 164 valence electrons. The number of aromatic carboxylic acids is 1. The summed E-state index contributed by atoms with van der Waals surface area (Å²) >= 11 is 7.57. The Bertz CT molecular complexity index is 1300. The van der Waals surface area contributed by atoms with Crippen LogP contribution in [0.25, 0.3) is 16.3 Å². The molecule has 2 aromatic heterocycles. The number of carbonyl (C=O) groups is 1. The summed E-state index contributed by atoms with van der Waals surface area (Å²) in [5.74, 6) is 0.139. The third-order valence-electron chi connectivity index (χ3n) is 4.97. The summed E-state index contributed by atoms with van der Waals surface area (Å²) in [7, 11) is 1.60. The van der Waals surface area contributed by atoms with Gasteiger partial charge in [-0.05, 0) is 43.7 Å². The maximum atomic E-state index is 11.9. The smallest absolute Gasteiger partial charge is 0.337 e. The van der Waals surface area contributed by atoms with Gasteiger partial charge >= 0.3 is 5.97 Å². The molecule has 2 aromatic carbocycles. The number of thiazole rings is 1. The van der Waals surface area contributed by atoms with Crippen LogP contribution in [0.1, 0.15) is 28.7 Å². The molecule has 32 heavy (non-hydrogen) atoms. The van der Waals surface area contributed by atoms with Crippen LogP contribution >= 0.6 is 22.9 Å². The first kappa shape index (κ1) is 21.9. The van der Waals surface area contributed by atoms with E-state index in [0.29, 0.717) is 28.0 Å². The molecule has 9 heteroatoms. The molecule has 0 spiro atoms. The van der Waals surface area contributed by atoms with Crippen molar-refractivity contribution in [3.63, 3.8) is 0 Å². The summed E-state index contributed by atoms with van der Waals surface area (Å²) < 4.78 is 7.26. The van der Waals surface area contributed by atoms with Gasteiger partial charge in [-0.15, -0.1) is 11.3 Å². The fraction of sp³-hybridized carbons (Fsp3) is 0.174. The first-order valence-corrected chi connectivity index (χ1v) is 11.2. The van der Waals surface area contributed by atoms with Gasteiger partial charge in [0.2, 0.25) is 0 Å². The largest absolute Gasteiger partial charge is 0.494 e. The van der Waals surface area contributed by atoms with E-state index in [-0.39, 0.29) is 5.56 Å². The van der Waals surface area contributed by atoms with Crippen LogP contribution in [0.2, 0.25) is 5.02 Å². The van der Waals surface area contributed by atoms with Gasteiger partial charge in [-0.2, -0.15) is 5.10 Å². The minimum atomic E-state index is -1.08. The van der Waals surface area contributed by atoms with Crippen molar-refractivity contribution in [2.75, 3.05) is 12.4 Å². The predicted molar refractivity (Wildman–Crippen MR) is 127 cm³/mol. The number of aromatic nitrogens is 3. The summed E-state index contributed by atoms with van der Waals surface area (Å²) in [4.78, 5) is 16.6. The molecule has 0 radical (unpaired) electrons. The van der Waals surface area contributed by atoms with Crippen LogP contribution in [0.5, 0.6) is 5.75 Å². The molecule has 4 aromatic rings. The lowest BCUT2D eigenvalue weighted by Gasteiger charge is -2.15. The van der Waals surface area contributed by atoms with Crippen molar-refractivity contribution in [1.82, 2.24) is 14.8 Å². The monoisotopic (exact) mass is 468 g/mol. The van der Waals surface area contributed by atoms with Gasteiger partial charge in [-0.1, -0.05) is 30.7 Å². The lowest BCUT2D eigenvalue weighted by atomic mass is 10.1. The van der Waals surface area contributed by atoms with Gasteiger partial charge in [0.15, 0.2) is 0 Å². The van der Waals surface area contributed by atoms with Crippen molar-refractivity contribution in [1.29, 1.82) is 0 Å². The van der Waals surface area contributed by atoms with E-state index >= 15 is 0 Å². The second-order valence-corrected chi connectivity index (χ2v) is 8.30. The second kappa shape index (κ2) is 9.02. The number of benzene rings is 2. The van der Waals surface area contributed by atoms with Crippen LogP contribution < -0.4 is 10.1 Å². The first-order chi connectivity index (χ1) is 15.4. The second-order valence-electron chi connectivity index (χ2n) is 7.01. The number of carboxylic acids is 1. The Morgan fingerprint density at radius 3 is 2.75 bits per heavy atom. The number of methoxy groups -OCH3 is 1. The van der Waals surface area contributed by atoms with Gasteiger partial charge < -0.3 is 15.2 Å². The van der Waals surface area contributed by atoms with Crippen molar-refractivity contribution in [3.05, 3.63) is 69.8 Å². The van der Waals surface area contributed by atoms with Crippen molar-refractivity contribution in [2.24, 2.45) is 0 Å². The minimum Gasteiger partial charge on any atom is -0.494 e. The van der Waals surface area contributed by atoms with Gasteiger partial charge in [-0.3, -0.25) is 0 Å². The third-order valence-corrected chi connectivity index (χ3v) is 6.11. The zero-order valence-electron chi connectivity index (χ0n) is 17.7. The predicted octanol–water partition coefficient (Wildman–Crippen LogP) is 5.97. The molecule has 0 unspecified atom stereocenters. The summed E-state index contributed by atoms with van der Waals surface area (Å²) in [6.45, 7) is 3.95. The van der Waals surface area contributed by atoms with E-state index in [9.17, 15) is 9.90 Å². The van der Waals surface area contributed by atoms with Crippen LogP contribution in [0.3, 0.4) is 0 Å². The molecule has 7 nitrogen and oxygen atoms in total. The number of nitrogens with one attached hydrogen (secondary N) is 1. The van der Waals surface area contributed by atoms with Crippen LogP contribution in [0, 0.1) is 6.92 Å². The number of rotatable bonds is 7. The van der Waals surface area contributed by atoms with E-state index in [1.807, 2.05) is 36.6 Å². The van der Waals surface area contributed by atoms with Gasteiger partial charge in [0.1, 0.15) is 22.3 Å². The van der Waals surface area contributed by atoms with E-state index in [1.54, 1.807) is 23.9 Å². The molecule has 0 atom stereocenters. The maximum Gasteiger partial charge on any atom is 0.337 e. The number of hydrogen-bond donors (Lipinski definition) is 2. The number of ether oxygens (including phenoxy) is 1. The van der Waals surface area contributed by atoms with Crippen molar-refractivity contribution >= 4 is 40.4 Å². The average Bonchev–Trinajstić information content (AvgIpc) is 3.38. The average molecular weight is 469 g/mol. The molecular weight excluding hydrogens is 448 g/mol. The number of carboxylic acid groups (broad SMARTS) is 1. The fourth-order valence-electron chi connectivity index (χ4n) is 3.39. The Kier molecular flexibility index (Phi) is 6.16. The highest BCUT2D eigenvalue weighted by molar-refractivity contribution is 7.13. The lowest BCUT2D eigenvalue weighted by Crippen LogP contribution is -2.08. The van der Waals surface area contributed by atoms with E-state index in [1.165, 1.54) is 17.4 Å². The molecular formula is C23H21ClN4O3S. The van der Waals surface area contributed by atoms with E-state index in [4.69, 9.17) is 26.4 Å². The highest BCUT2D eigenvalue weighted by Crippen LogP contribution is 2.39. The maximum absolute atomic E-state index is 11.9. The fourth-order valence-corrected chi connectivity index (χ4v) is 4.56. The number of aryl methyl sites for hydroxylation is 2. The zero-order valence-corrected chi connectivity index (χ0v) is 19.3. The summed E-state index contributed by atoms with van der Waals surface area (Å²) in [5, 5.41) is 20.9.